The van der Waals surface area contributed by atoms with Crippen molar-refractivity contribution in [3.05, 3.63) is 71.3 Å². The Kier molecular flexibility index (Phi) is 15.9. The van der Waals surface area contributed by atoms with E-state index in [9.17, 15) is 9.90 Å². The third-order valence-corrected chi connectivity index (χ3v) is 8.19. The number of ether oxygens (including phenoxy) is 2. The van der Waals surface area contributed by atoms with E-state index in [1.165, 1.54) is 102 Å². The first-order valence-corrected chi connectivity index (χ1v) is 16.8. The molecule has 0 aliphatic rings. The van der Waals surface area contributed by atoms with Crippen LogP contribution in [0.25, 0.3) is 10.8 Å². The zero-order chi connectivity index (χ0) is 29.8. The molecule has 0 atom stereocenters. The minimum absolute atomic E-state index is 0.204. The molecule has 0 aliphatic carbocycles. The molecule has 0 aromatic heterocycles. The molecule has 0 saturated carbocycles. The van der Waals surface area contributed by atoms with Gasteiger partial charge in [-0.1, -0.05) is 134 Å². The predicted octanol–water partition coefficient (Wildman–Crippen LogP) is 11.3. The van der Waals surface area contributed by atoms with Gasteiger partial charge in [0.1, 0.15) is 18.1 Å². The Morgan fingerprint density at radius 3 is 1.76 bits per heavy atom. The molecule has 3 aromatic rings. The molecule has 42 heavy (non-hydrogen) atoms. The molecule has 0 bridgehead atoms. The Balaban J connectivity index is 1.42. The van der Waals surface area contributed by atoms with Crippen LogP contribution in [0.5, 0.6) is 11.5 Å². The number of unbranched alkanes of at least 4 members (excludes halogenated alkanes) is 14. The monoisotopic (exact) mass is 574 g/mol. The van der Waals surface area contributed by atoms with E-state index >= 15 is 0 Å². The van der Waals surface area contributed by atoms with Crippen molar-refractivity contribution in [2.45, 2.75) is 130 Å². The second-order valence-corrected chi connectivity index (χ2v) is 11.8. The first kappa shape index (κ1) is 33.5. The van der Waals surface area contributed by atoms with Gasteiger partial charge in [-0.05, 0) is 59.9 Å². The zero-order valence-electron chi connectivity index (χ0n) is 26.3. The van der Waals surface area contributed by atoms with E-state index in [1.807, 2.05) is 42.5 Å². The van der Waals surface area contributed by atoms with Gasteiger partial charge in [-0.3, -0.25) is 0 Å². The van der Waals surface area contributed by atoms with Gasteiger partial charge in [0.2, 0.25) is 0 Å². The highest BCUT2D eigenvalue weighted by molar-refractivity contribution is 6.05. The van der Waals surface area contributed by atoms with E-state index in [0.29, 0.717) is 16.9 Å². The second kappa shape index (κ2) is 20.0. The Bertz CT molecular complexity index is 1170. The topological polar surface area (TPSA) is 55.8 Å². The summed E-state index contributed by atoms with van der Waals surface area (Å²) >= 11 is 0. The molecule has 0 amide bonds. The van der Waals surface area contributed by atoms with Crippen molar-refractivity contribution in [1.82, 2.24) is 0 Å². The van der Waals surface area contributed by atoms with Crippen molar-refractivity contribution in [3.8, 4) is 11.5 Å². The molecular formula is C38H54O4. The molecule has 0 heterocycles. The molecule has 3 aromatic carbocycles. The van der Waals surface area contributed by atoms with Crippen molar-refractivity contribution < 1.29 is 19.4 Å². The standard InChI is InChI=1S/C38H54O4/c1-3-5-7-9-11-12-13-14-16-18-28-41-34-23-25-35(26-24-34)42-30-33-22-21-32-29-31(19-17-15-10-8-6-4-2)20-27-36(32)37(33)38(39)40/h20-27,29H,3-19,28,30H2,1-2H3,(H,39,40). The number of aromatic carboxylic acids is 1. The Morgan fingerprint density at radius 1 is 0.619 bits per heavy atom. The van der Waals surface area contributed by atoms with E-state index in [4.69, 9.17) is 9.47 Å². The third kappa shape index (κ3) is 12.1. The van der Waals surface area contributed by atoms with Crippen LogP contribution in [0, 0.1) is 0 Å². The van der Waals surface area contributed by atoms with E-state index in [2.05, 4.69) is 26.0 Å². The van der Waals surface area contributed by atoms with Gasteiger partial charge in [-0.15, -0.1) is 0 Å². The number of aryl methyl sites for hydroxylation is 1. The molecule has 230 valence electrons. The largest absolute Gasteiger partial charge is 0.494 e. The number of rotatable bonds is 23. The summed E-state index contributed by atoms with van der Waals surface area (Å²) in [5.41, 5.74) is 2.28. The minimum Gasteiger partial charge on any atom is -0.494 e. The smallest absolute Gasteiger partial charge is 0.336 e. The molecule has 1 N–H and O–H groups in total. The molecule has 0 unspecified atom stereocenters. The SMILES string of the molecule is CCCCCCCCCCCCOc1ccc(OCc2ccc3cc(CCCCCCCC)ccc3c2C(=O)O)cc1. The molecule has 4 nitrogen and oxygen atoms in total. The summed E-state index contributed by atoms with van der Waals surface area (Å²) in [7, 11) is 0. The molecule has 3 rings (SSSR count). The highest BCUT2D eigenvalue weighted by Crippen LogP contribution is 2.27. The van der Waals surface area contributed by atoms with E-state index in [0.717, 1.165) is 36.0 Å². The van der Waals surface area contributed by atoms with Gasteiger partial charge in [0.15, 0.2) is 0 Å². The zero-order valence-corrected chi connectivity index (χ0v) is 26.3. The van der Waals surface area contributed by atoms with Crippen molar-refractivity contribution in [2.75, 3.05) is 6.61 Å². The van der Waals surface area contributed by atoms with Crippen LogP contribution in [0.4, 0.5) is 0 Å². The number of carbonyl (C=O) groups is 1. The van der Waals surface area contributed by atoms with Crippen molar-refractivity contribution in [2.24, 2.45) is 0 Å². The molecule has 0 aliphatic heterocycles. The van der Waals surface area contributed by atoms with Crippen LogP contribution < -0.4 is 9.47 Å². The Hall–Kier alpha value is -3.01. The molecule has 0 spiro atoms. The molecular weight excluding hydrogens is 520 g/mol. The third-order valence-electron chi connectivity index (χ3n) is 8.19. The summed E-state index contributed by atoms with van der Waals surface area (Å²) in [4.78, 5) is 12.2. The second-order valence-electron chi connectivity index (χ2n) is 11.8. The average Bonchev–Trinajstić information content (AvgIpc) is 3.00. The van der Waals surface area contributed by atoms with Crippen LogP contribution in [-0.2, 0) is 13.0 Å². The van der Waals surface area contributed by atoms with Crippen LogP contribution in [0.15, 0.2) is 54.6 Å². The Labute approximate surface area is 254 Å². The fraction of sp³-hybridized carbons (Fsp3) is 0.553. The lowest BCUT2D eigenvalue weighted by molar-refractivity contribution is 0.0696. The number of fused-ring (bicyclic) bond motifs is 1. The number of carboxylic acid groups (broad SMARTS) is 1. The van der Waals surface area contributed by atoms with E-state index < -0.39 is 5.97 Å². The number of benzene rings is 3. The fourth-order valence-corrected chi connectivity index (χ4v) is 5.63. The minimum atomic E-state index is -0.918. The van der Waals surface area contributed by atoms with Crippen LogP contribution >= 0.6 is 0 Å². The number of carboxylic acids is 1. The normalized spacial score (nSPS) is 11.2. The van der Waals surface area contributed by atoms with Crippen molar-refractivity contribution in [3.63, 3.8) is 0 Å². The number of hydrogen-bond donors (Lipinski definition) is 1. The summed E-state index contributed by atoms with van der Waals surface area (Å²) in [5.74, 6) is 0.623. The highest BCUT2D eigenvalue weighted by atomic mass is 16.5. The van der Waals surface area contributed by atoms with Gasteiger partial charge in [-0.25, -0.2) is 4.79 Å². The van der Waals surface area contributed by atoms with E-state index in [1.54, 1.807) is 0 Å². The van der Waals surface area contributed by atoms with Gasteiger partial charge in [0.05, 0.1) is 12.2 Å². The lowest BCUT2D eigenvalue weighted by atomic mass is 9.96. The fourth-order valence-electron chi connectivity index (χ4n) is 5.63. The summed E-state index contributed by atoms with van der Waals surface area (Å²) < 4.78 is 11.9. The Morgan fingerprint density at radius 2 is 1.17 bits per heavy atom. The maximum atomic E-state index is 12.2. The lowest BCUT2D eigenvalue weighted by Crippen LogP contribution is -2.07. The first-order chi connectivity index (χ1) is 20.6. The molecule has 0 fully saturated rings. The molecule has 0 saturated heterocycles. The van der Waals surface area contributed by atoms with Crippen LogP contribution in [-0.4, -0.2) is 17.7 Å². The van der Waals surface area contributed by atoms with Gasteiger partial charge < -0.3 is 14.6 Å². The lowest BCUT2D eigenvalue weighted by Gasteiger charge is -2.13. The van der Waals surface area contributed by atoms with Gasteiger partial charge in [0.25, 0.3) is 0 Å². The van der Waals surface area contributed by atoms with Crippen LogP contribution in [0.2, 0.25) is 0 Å². The summed E-state index contributed by atoms with van der Waals surface area (Å²) in [5, 5.41) is 11.8. The van der Waals surface area contributed by atoms with Gasteiger partial charge in [0, 0.05) is 5.56 Å². The molecule has 0 radical (unpaired) electrons. The van der Waals surface area contributed by atoms with E-state index in [-0.39, 0.29) is 6.61 Å². The van der Waals surface area contributed by atoms with Gasteiger partial charge >= 0.3 is 5.97 Å². The average molecular weight is 575 g/mol. The maximum Gasteiger partial charge on any atom is 0.336 e. The summed E-state index contributed by atoms with van der Waals surface area (Å²) in [6.45, 7) is 5.44. The summed E-state index contributed by atoms with van der Waals surface area (Å²) in [6, 6.07) is 17.8. The van der Waals surface area contributed by atoms with Crippen molar-refractivity contribution in [1.29, 1.82) is 0 Å². The quantitative estimate of drug-likeness (QED) is 0.114. The summed E-state index contributed by atoms with van der Waals surface area (Å²) in [6.07, 6.45) is 21.8. The maximum absolute atomic E-state index is 12.2. The first-order valence-electron chi connectivity index (χ1n) is 16.8. The van der Waals surface area contributed by atoms with Gasteiger partial charge in [-0.2, -0.15) is 0 Å². The number of hydrogen-bond acceptors (Lipinski definition) is 3. The van der Waals surface area contributed by atoms with Crippen molar-refractivity contribution >= 4 is 16.7 Å². The van der Waals surface area contributed by atoms with Crippen LogP contribution in [0.1, 0.15) is 138 Å². The highest BCUT2D eigenvalue weighted by Gasteiger charge is 2.15. The van der Waals surface area contributed by atoms with Crippen LogP contribution in [0.3, 0.4) is 0 Å². The predicted molar refractivity (Wildman–Crippen MR) is 176 cm³/mol. The molecule has 4 heteroatoms.